The van der Waals surface area contributed by atoms with Gasteiger partial charge in [-0.1, -0.05) is 17.7 Å². The van der Waals surface area contributed by atoms with E-state index in [0.29, 0.717) is 28.4 Å². The fourth-order valence-corrected chi connectivity index (χ4v) is 2.78. The van der Waals surface area contributed by atoms with Crippen molar-refractivity contribution in [1.29, 1.82) is 0 Å². The number of amides is 2. The summed E-state index contributed by atoms with van der Waals surface area (Å²) in [5, 5.41) is 6.28. The van der Waals surface area contributed by atoms with Crippen LogP contribution in [0.3, 0.4) is 0 Å². The number of pyridine rings is 1. The number of halogens is 1. The van der Waals surface area contributed by atoms with Gasteiger partial charge in [-0.3, -0.25) is 14.6 Å². The largest absolute Gasteiger partial charge is 0.348 e. The molecule has 0 aliphatic heterocycles. The van der Waals surface area contributed by atoms with Crippen LogP contribution in [-0.2, 0) is 6.54 Å². The SMILES string of the molecule is Cc1cc(Cl)ccc1NC(=O)c1cccc(C(=O)NCc2ccncc2)c1. The van der Waals surface area contributed by atoms with Crippen molar-refractivity contribution in [3.8, 4) is 0 Å². The van der Waals surface area contributed by atoms with E-state index < -0.39 is 0 Å². The Hall–Kier alpha value is -3.18. The molecule has 0 fully saturated rings. The van der Waals surface area contributed by atoms with Gasteiger partial charge >= 0.3 is 0 Å². The van der Waals surface area contributed by atoms with Crippen LogP contribution in [0.5, 0.6) is 0 Å². The van der Waals surface area contributed by atoms with Crippen molar-refractivity contribution >= 4 is 29.1 Å². The molecule has 3 rings (SSSR count). The Labute approximate surface area is 162 Å². The lowest BCUT2D eigenvalue weighted by atomic mass is 10.1. The van der Waals surface area contributed by atoms with Crippen LogP contribution in [0.15, 0.2) is 67.0 Å². The van der Waals surface area contributed by atoms with E-state index >= 15 is 0 Å². The predicted molar refractivity (Wildman–Crippen MR) is 106 cm³/mol. The summed E-state index contributed by atoms with van der Waals surface area (Å²) in [4.78, 5) is 28.8. The maximum absolute atomic E-state index is 12.5. The predicted octanol–water partition coefficient (Wildman–Crippen LogP) is 4.23. The first kappa shape index (κ1) is 18.6. The molecular formula is C21H18ClN3O2. The van der Waals surface area contributed by atoms with Crippen molar-refractivity contribution in [3.05, 3.63) is 94.3 Å². The second-order valence-electron chi connectivity index (χ2n) is 6.03. The van der Waals surface area contributed by atoms with Crippen LogP contribution in [0.2, 0.25) is 5.02 Å². The standard InChI is InChI=1S/C21H18ClN3O2/c1-14-11-18(22)5-6-19(14)25-21(27)17-4-2-3-16(12-17)20(26)24-13-15-7-9-23-10-8-15/h2-12H,13H2,1H3,(H,24,26)(H,25,27). The molecule has 136 valence electrons. The van der Waals surface area contributed by atoms with E-state index in [9.17, 15) is 9.59 Å². The molecule has 2 N–H and O–H groups in total. The lowest BCUT2D eigenvalue weighted by Gasteiger charge is -2.10. The highest BCUT2D eigenvalue weighted by Crippen LogP contribution is 2.20. The molecule has 0 unspecified atom stereocenters. The number of nitrogens with one attached hydrogen (secondary N) is 2. The van der Waals surface area contributed by atoms with Gasteiger partial charge in [-0.05, 0) is 66.6 Å². The molecule has 0 saturated carbocycles. The van der Waals surface area contributed by atoms with E-state index in [1.165, 1.54) is 0 Å². The smallest absolute Gasteiger partial charge is 0.255 e. The van der Waals surface area contributed by atoms with Gasteiger partial charge in [0, 0.05) is 40.8 Å². The molecule has 0 atom stereocenters. The maximum atomic E-state index is 12.5. The minimum Gasteiger partial charge on any atom is -0.348 e. The quantitative estimate of drug-likeness (QED) is 0.697. The minimum absolute atomic E-state index is 0.246. The third-order valence-corrected chi connectivity index (χ3v) is 4.26. The average Bonchev–Trinajstić information content (AvgIpc) is 2.69. The molecule has 0 aliphatic carbocycles. The molecule has 0 radical (unpaired) electrons. The molecule has 0 bridgehead atoms. The van der Waals surface area contributed by atoms with Crippen LogP contribution < -0.4 is 10.6 Å². The number of nitrogens with zero attached hydrogens (tertiary/aromatic N) is 1. The van der Waals surface area contributed by atoms with Crippen molar-refractivity contribution < 1.29 is 9.59 Å². The molecule has 0 spiro atoms. The van der Waals surface area contributed by atoms with Crippen molar-refractivity contribution in [2.45, 2.75) is 13.5 Å². The molecule has 1 heterocycles. The summed E-state index contributed by atoms with van der Waals surface area (Å²) < 4.78 is 0. The average molecular weight is 380 g/mol. The monoisotopic (exact) mass is 379 g/mol. The molecule has 1 aromatic heterocycles. The van der Waals surface area contributed by atoms with Gasteiger partial charge in [0.2, 0.25) is 0 Å². The van der Waals surface area contributed by atoms with Crippen LogP contribution in [0.1, 0.15) is 31.8 Å². The fourth-order valence-electron chi connectivity index (χ4n) is 2.55. The minimum atomic E-state index is -0.288. The Bertz CT molecular complexity index is 974. The normalized spacial score (nSPS) is 10.3. The molecule has 27 heavy (non-hydrogen) atoms. The van der Waals surface area contributed by atoms with Crippen molar-refractivity contribution in [2.24, 2.45) is 0 Å². The molecule has 6 heteroatoms. The van der Waals surface area contributed by atoms with Crippen LogP contribution in [0.25, 0.3) is 0 Å². The summed E-state index contributed by atoms with van der Waals surface area (Å²) in [5.41, 5.74) is 3.31. The highest BCUT2D eigenvalue weighted by atomic mass is 35.5. The Kier molecular flexibility index (Phi) is 5.84. The second-order valence-corrected chi connectivity index (χ2v) is 6.47. The number of aromatic nitrogens is 1. The van der Waals surface area contributed by atoms with Crippen LogP contribution in [0.4, 0.5) is 5.69 Å². The van der Waals surface area contributed by atoms with Gasteiger partial charge in [0.25, 0.3) is 11.8 Å². The highest BCUT2D eigenvalue weighted by molar-refractivity contribution is 6.30. The third-order valence-electron chi connectivity index (χ3n) is 4.03. The first-order valence-electron chi connectivity index (χ1n) is 8.37. The van der Waals surface area contributed by atoms with Gasteiger partial charge in [0.05, 0.1) is 0 Å². The number of benzene rings is 2. The van der Waals surface area contributed by atoms with E-state index in [4.69, 9.17) is 11.6 Å². The van der Waals surface area contributed by atoms with Gasteiger partial charge in [-0.25, -0.2) is 0 Å². The Morgan fingerprint density at radius 2 is 1.67 bits per heavy atom. The number of rotatable bonds is 5. The first-order chi connectivity index (χ1) is 13.0. The van der Waals surface area contributed by atoms with Gasteiger partial charge < -0.3 is 10.6 Å². The van der Waals surface area contributed by atoms with Crippen LogP contribution >= 0.6 is 11.6 Å². The van der Waals surface area contributed by atoms with Gasteiger partial charge in [0.1, 0.15) is 0 Å². The summed E-state index contributed by atoms with van der Waals surface area (Å²) in [7, 11) is 0. The van der Waals surface area contributed by atoms with Gasteiger partial charge in [-0.2, -0.15) is 0 Å². The Morgan fingerprint density at radius 1 is 0.963 bits per heavy atom. The van der Waals surface area contributed by atoms with E-state index in [0.717, 1.165) is 11.1 Å². The molecule has 2 amide bonds. The number of carbonyl (C=O) groups excluding carboxylic acids is 2. The zero-order valence-corrected chi connectivity index (χ0v) is 15.5. The molecule has 3 aromatic rings. The number of hydrogen-bond acceptors (Lipinski definition) is 3. The number of hydrogen-bond donors (Lipinski definition) is 2. The van der Waals surface area contributed by atoms with Gasteiger partial charge in [0.15, 0.2) is 0 Å². The zero-order valence-electron chi connectivity index (χ0n) is 14.7. The lowest BCUT2D eigenvalue weighted by Crippen LogP contribution is -2.23. The highest BCUT2D eigenvalue weighted by Gasteiger charge is 2.12. The van der Waals surface area contributed by atoms with Gasteiger partial charge in [-0.15, -0.1) is 0 Å². The topological polar surface area (TPSA) is 71.1 Å². The van der Waals surface area contributed by atoms with E-state index in [1.54, 1.807) is 54.9 Å². The van der Waals surface area contributed by atoms with Crippen LogP contribution in [0, 0.1) is 6.92 Å². The summed E-state index contributed by atoms with van der Waals surface area (Å²) in [5.74, 6) is -0.534. The molecule has 0 aliphatic rings. The number of carbonyl (C=O) groups is 2. The third kappa shape index (κ3) is 4.92. The van der Waals surface area contributed by atoms with Crippen molar-refractivity contribution in [1.82, 2.24) is 10.3 Å². The summed E-state index contributed by atoms with van der Waals surface area (Å²) in [6, 6.07) is 15.5. The van der Waals surface area contributed by atoms with Crippen LogP contribution in [-0.4, -0.2) is 16.8 Å². The van der Waals surface area contributed by atoms with E-state index in [2.05, 4.69) is 15.6 Å². The summed E-state index contributed by atoms with van der Waals surface area (Å²) in [6.07, 6.45) is 3.34. The first-order valence-corrected chi connectivity index (χ1v) is 8.75. The van der Waals surface area contributed by atoms with Crippen molar-refractivity contribution in [3.63, 3.8) is 0 Å². The zero-order chi connectivity index (χ0) is 19.2. The molecule has 5 nitrogen and oxygen atoms in total. The molecule has 2 aromatic carbocycles. The second kappa shape index (κ2) is 8.47. The summed E-state index contributed by atoms with van der Waals surface area (Å²) in [6.45, 7) is 2.26. The maximum Gasteiger partial charge on any atom is 0.255 e. The fraction of sp³-hybridized carbons (Fsp3) is 0.0952. The van der Waals surface area contributed by atoms with Crippen molar-refractivity contribution in [2.75, 3.05) is 5.32 Å². The van der Waals surface area contributed by atoms with E-state index in [-0.39, 0.29) is 11.8 Å². The Morgan fingerprint density at radius 3 is 2.37 bits per heavy atom. The van der Waals surface area contributed by atoms with E-state index in [1.807, 2.05) is 19.1 Å². The number of aryl methyl sites for hydroxylation is 1. The Balaban J connectivity index is 1.68. The molecular weight excluding hydrogens is 362 g/mol. The summed E-state index contributed by atoms with van der Waals surface area (Å²) >= 11 is 5.94. The molecule has 0 saturated heterocycles. The number of anilines is 1. The lowest BCUT2D eigenvalue weighted by molar-refractivity contribution is 0.0951.